The summed E-state index contributed by atoms with van der Waals surface area (Å²) in [5.74, 6) is -0.692. The quantitative estimate of drug-likeness (QED) is 0.153. The summed E-state index contributed by atoms with van der Waals surface area (Å²) in [6, 6.07) is 6.28. The molecule has 11 nitrogen and oxygen atoms in total. The summed E-state index contributed by atoms with van der Waals surface area (Å²) in [5.41, 5.74) is 1.11. The molecule has 0 aliphatic carbocycles. The minimum Gasteiger partial charge on any atom is -0.354 e. The molecule has 2 N–H and O–H groups in total. The van der Waals surface area contributed by atoms with Gasteiger partial charge >= 0.3 is 0 Å². The van der Waals surface area contributed by atoms with Gasteiger partial charge in [0.15, 0.2) is 0 Å². The summed E-state index contributed by atoms with van der Waals surface area (Å²) in [7, 11) is 8.36. The summed E-state index contributed by atoms with van der Waals surface area (Å²) in [6.07, 6.45) is 2.97. The van der Waals surface area contributed by atoms with Crippen molar-refractivity contribution in [1.82, 2.24) is 30.2 Å². The average Bonchev–Trinajstić information content (AvgIpc) is 3.10. The van der Waals surface area contributed by atoms with E-state index in [1.54, 1.807) is 40.1 Å². The smallest absolute Gasteiger partial charge is 0.245 e. The van der Waals surface area contributed by atoms with Crippen LogP contribution in [0.15, 0.2) is 30.3 Å². The monoisotopic (exact) mass is 757 g/mol. The van der Waals surface area contributed by atoms with Gasteiger partial charge in [-0.3, -0.25) is 24.0 Å². The highest BCUT2D eigenvalue weighted by Crippen LogP contribution is 2.23. The number of hydrogen-bond donors (Lipinski definition) is 2. The normalized spacial score (nSPS) is 14.5. The second kappa shape index (κ2) is 23.4. The molecule has 0 unspecified atom stereocenters. The zero-order chi connectivity index (χ0) is 41.4. The van der Waals surface area contributed by atoms with Crippen LogP contribution in [0.25, 0.3) is 0 Å². The zero-order valence-corrected chi connectivity index (χ0v) is 36.4. The van der Waals surface area contributed by atoms with E-state index in [4.69, 9.17) is 0 Å². The number of hydrogen-bond acceptors (Lipinski definition) is 6. The first-order valence-electron chi connectivity index (χ1n) is 20.2. The Bertz CT molecular complexity index is 1320. The largest absolute Gasteiger partial charge is 0.354 e. The predicted octanol–water partition coefficient (Wildman–Crippen LogP) is 5.47. The lowest BCUT2D eigenvalue weighted by atomic mass is 9.95. The molecule has 0 spiro atoms. The van der Waals surface area contributed by atoms with Crippen LogP contribution in [0.5, 0.6) is 0 Å². The summed E-state index contributed by atoms with van der Waals surface area (Å²) >= 11 is 0. The van der Waals surface area contributed by atoms with Crippen molar-refractivity contribution in [2.45, 2.75) is 138 Å². The molecule has 1 rings (SSSR count). The molecule has 0 saturated heterocycles. The SMILES string of the molecule is CN[C@@H](CC(C)C)C(=O)N(C)[C@@H](CC(C)C)C(=O)N(C)[C@@H](CC(C)C)C(=O)N(C)[C@@H](CC(C)C)C(=O)N(C)[C@@H](CC(C)C)C(=O)NCCc1ccccc1. The molecule has 1 aromatic carbocycles. The maximum Gasteiger partial charge on any atom is 0.245 e. The number of benzene rings is 1. The summed E-state index contributed by atoms with van der Waals surface area (Å²) < 4.78 is 0. The number of likely N-dealkylation sites (N-methyl/N-ethyl adjacent to an activating group) is 5. The molecule has 5 atom stereocenters. The van der Waals surface area contributed by atoms with Gasteiger partial charge in [0.25, 0.3) is 0 Å². The van der Waals surface area contributed by atoms with E-state index < -0.39 is 30.2 Å². The lowest BCUT2D eigenvalue weighted by molar-refractivity contribution is -0.155. The van der Waals surface area contributed by atoms with Gasteiger partial charge in [-0.2, -0.15) is 0 Å². The molecule has 54 heavy (non-hydrogen) atoms. The number of nitrogens with zero attached hydrogens (tertiary/aromatic N) is 4. The highest BCUT2D eigenvalue weighted by molar-refractivity contribution is 5.95. The predicted molar refractivity (Wildman–Crippen MR) is 220 cm³/mol. The fourth-order valence-corrected chi connectivity index (χ4v) is 6.97. The number of rotatable bonds is 23. The summed E-state index contributed by atoms with van der Waals surface area (Å²) in [6.45, 7) is 20.6. The van der Waals surface area contributed by atoms with Crippen LogP contribution in [0.4, 0.5) is 0 Å². The molecule has 0 heterocycles. The van der Waals surface area contributed by atoms with Gasteiger partial charge in [-0.1, -0.05) is 99.6 Å². The molecule has 0 aromatic heterocycles. The highest BCUT2D eigenvalue weighted by Gasteiger charge is 2.41. The van der Waals surface area contributed by atoms with E-state index in [1.807, 2.05) is 85.7 Å². The van der Waals surface area contributed by atoms with Gasteiger partial charge < -0.3 is 30.2 Å². The van der Waals surface area contributed by atoms with Gasteiger partial charge in [0, 0.05) is 34.7 Å². The number of carbonyl (C=O) groups is 5. The lowest BCUT2D eigenvalue weighted by Gasteiger charge is -2.40. The zero-order valence-electron chi connectivity index (χ0n) is 36.4. The van der Waals surface area contributed by atoms with Gasteiger partial charge in [-0.05, 0) is 80.7 Å². The van der Waals surface area contributed by atoms with Crippen LogP contribution < -0.4 is 10.6 Å². The van der Waals surface area contributed by atoms with E-state index in [1.165, 1.54) is 14.7 Å². The number of carbonyl (C=O) groups excluding carboxylic acids is 5. The van der Waals surface area contributed by atoms with Crippen molar-refractivity contribution < 1.29 is 24.0 Å². The highest BCUT2D eigenvalue weighted by atomic mass is 16.2. The van der Waals surface area contributed by atoms with Crippen LogP contribution in [-0.2, 0) is 30.4 Å². The summed E-state index contributed by atoms with van der Waals surface area (Å²) in [4.78, 5) is 77.0. The Balaban J connectivity index is 3.46. The average molecular weight is 757 g/mol. The van der Waals surface area contributed by atoms with Crippen molar-refractivity contribution in [2.24, 2.45) is 29.6 Å². The van der Waals surface area contributed by atoms with E-state index in [2.05, 4.69) is 24.5 Å². The molecule has 0 aliphatic rings. The van der Waals surface area contributed by atoms with Crippen LogP contribution in [-0.4, -0.2) is 121 Å². The topological polar surface area (TPSA) is 122 Å². The second-order valence-corrected chi connectivity index (χ2v) is 17.4. The van der Waals surface area contributed by atoms with Gasteiger partial charge in [0.1, 0.15) is 24.2 Å². The Morgan fingerprint density at radius 1 is 0.500 bits per heavy atom. The molecule has 1 aromatic rings. The van der Waals surface area contributed by atoms with Crippen molar-refractivity contribution >= 4 is 29.5 Å². The first kappa shape index (κ1) is 48.5. The molecule has 0 aliphatic heterocycles. The molecular formula is C43H76N6O5. The Morgan fingerprint density at radius 3 is 1.19 bits per heavy atom. The third kappa shape index (κ3) is 15.3. The molecule has 0 fully saturated rings. The first-order chi connectivity index (χ1) is 25.1. The summed E-state index contributed by atoms with van der Waals surface area (Å²) in [5, 5.41) is 6.17. The van der Waals surface area contributed by atoms with Crippen molar-refractivity contribution in [1.29, 1.82) is 0 Å². The van der Waals surface area contributed by atoms with E-state index in [9.17, 15) is 24.0 Å². The lowest BCUT2D eigenvalue weighted by Crippen LogP contribution is -2.60. The molecular weight excluding hydrogens is 681 g/mol. The van der Waals surface area contributed by atoms with Crippen molar-refractivity contribution in [3.8, 4) is 0 Å². The second-order valence-electron chi connectivity index (χ2n) is 17.4. The molecule has 11 heteroatoms. The van der Waals surface area contributed by atoms with Gasteiger partial charge in [0.2, 0.25) is 29.5 Å². The Kier molecular flexibility index (Phi) is 21.1. The van der Waals surface area contributed by atoms with Crippen molar-refractivity contribution in [2.75, 3.05) is 41.8 Å². The fourth-order valence-electron chi connectivity index (χ4n) is 6.97. The van der Waals surface area contributed by atoms with Gasteiger partial charge in [0.05, 0.1) is 6.04 Å². The Hall–Kier alpha value is -3.47. The van der Waals surface area contributed by atoms with Crippen LogP contribution in [0.3, 0.4) is 0 Å². The Morgan fingerprint density at radius 2 is 0.833 bits per heavy atom. The molecule has 5 amide bonds. The molecule has 308 valence electrons. The van der Waals surface area contributed by atoms with Crippen LogP contribution >= 0.6 is 0 Å². The third-order valence-corrected chi connectivity index (χ3v) is 10.1. The minimum atomic E-state index is -0.864. The first-order valence-corrected chi connectivity index (χ1v) is 20.2. The van der Waals surface area contributed by atoms with E-state index in [-0.39, 0.29) is 59.1 Å². The van der Waals surface area contributed by atoms with Gasteiger partial charge in [-0.25, -0.2) is 0 Å². The van der Waals surface area contributed by atoms with Crippen molar-refractivity contribution in [3.63, 3.8) is 0 Å². The molecule has 0 saturated carbocycles. The standard InChI is InChI=1S/C43H76N6O5/c1-28(2)23-34(44-11)40(51)47(13)36(25-30(5)6)42(53)49(15)38(27-32(9)10)43(54)48(14)37(26-31(7)8)41(52)46(12)35(24-29(3)4)39(50)45-22-21-33-19-17-16-18-20-33/h16-20,28-32,34-38,44H,21-27H2,1-15H3,(H,45,50)/t34-,35-,36-,37-,38-/m0/s1. The van der Waals surface area contributed by atoms with Crippen LogP contribution in [0.2, 0.25) is 0 Å². The molecule has 0 bridgehead atoms. The fraction of sp³-hybridized carbons (Fsp3) is 0.744. The minimum absolute atomic E-state index is 0.0575. The van der Waals surface area contributed by atoms with E-state index in [0.717, 1.165) is 5.56 Å². The van der Waals surface area contributed by atoms with Crippen LogP contribution in [0.1, 0.15) is 107 Å². The van der Waals surface area contributed by atoms with Crippen LogP contribution in [0, 0.1) is 29.6 Å². The number of nitrogens with one attached hydrogen (secondary N) is 2. The Labute approximate surface area is 328 Å². The van der Waals surface area contributed by atoms with Gasteiger partial charge in [-0.15, -0.1) is 0 Å². The van der Waals surface area contributed by atoms with E-state index in [0.29, 0.717) is 45.1 Å². The third-order valence-electron chi connectivity index (χ3n) is 10.1. The van der Waals surface area contributed by atoms with E-state index >= 15 is 0 Å². The number of amides is 5. The maximum absolute atomic E-state index is 14.6. The maximum atomic E-state index is 14.6. The van der Waals surface area contributed by atoms with Crippen molar-refractivity contribution in [3.05, 3.63) is 35.9 Å². The molecule has 0 radical (unpaired) electrons.